The van der Waals surface area contributed by atoms with E-state index in [1.54, 1.807) is 11.3 Å². The van der Waals surface area contributed by atoms with Gasteiger partial charge < -0.3 is 4.74 Å². The highest BCUT2D eigenvalue weighted by atomic mass is 35.5. The first kappa shape index (κ1) is 9.44. The Morgan fingerprint density at radius 1 is 1.69 bits per heavy atom. The summed E-state index contributed by atoms with van der Waals surface area (Å²) in [6.45, 7) is 1.81. The minimum Gasteiger partial charge on any atom is -0.381 e. The van der Waals surface area contributed by atoms with Gasteiger partial charge >= 0.3 is 0 Å². The van der Waals surface area contributed by atoms with E-state index in [0.29, 0.717) is 11.8 Å². The van der Waals surface area contributed by atoms with Gasteiger partial charge in [0.2, 0.25) is 0 Å². The van der Waals surface area contributed by atoms with Gasteiger partial charge in [0.15, 0.2) is 0 Å². The second kappa shape index (κ2) is 4.40. The maximum atomic E-state index is 5.70. The van der Waals surface area contributed by atoms with Crippen LogP contribution in [0.4, 0.5) is 0 Å². The third kappa shape index (κ3) is 2.42. The predicted molar refractivity (Wildman–Crippen MR) is 54.3 cm³/mol. The van der Waals surface area contributed by atoms with Crippen molar-refractivity contribution < 1.29 is 4.74 Å². The summed E-state index contributed by atoms with van der Waals surface area (Å²) in [6.07, 6.45) is 4.11. The van der Waals surface area contributed by atoms with E-state index in [4.69, 9.17) is 16.3 Å². The van der Waals surface area contributed by atoms with Crippen molar-refractivity contribution in [3.8, 4) is 0 Å². The van der Waals surface area contributed by atoms with Crippen LogP contribution in [0, 0.1) is 5.92 Å². The highest BCUT2D eigenvalue weighted by Gasteiger charge is 2.17. The zero-order valence-electron chi connectivity index (χ0n) is 7.33. The fraction of sp³-hybridized carbons (Fsp3) is 0.667. The number of ether oxygens (including phenoxy) is 1. The number of halogens is 1. The predicted octanol–water partition coefficient (Wildman–Crippen LogP) is 2.46. The zero-order chi connectivity index (χ0) is 9.10. The van der Waals surface area contributed by atoms with Gasteiger partial charge in [0.05, 0.1) is 10.9 Å². The first-order valence-corrected chi connectivity index (χ1v) is 5.81. The molecule has 4 heteroatoms. The quantitative estimate of drug-likeness (QED) is 0.726. The third-order valence-electron chi connectivity index (χ3n) is 2.22. The van der Waals surface area contributed by atoms with Crippen molar-refractivity contribution in [1.82, 2.24) is 4.98 Å². The van der Waals surface area contributed by atoms with Crippen LogP contribution in [0.5, 0.6) is 0 Å². The molecule has 13 heavy (non-hydrogen) atoms. The molecule has 2 rings (SSSR count). The van der Waals surface area contributed by atoms with Crippen molar-refractivity contribution in [2.24, 2.45) is 5.92 Å². The standard InChI is InChI=1S/C9H12ClNOS/c10-4-8-5-11-9(13-8)3-7-1-2-12-6-7/h5,7H,1-4,6H2. The molecule has 0 radical (unpaired) electrons. The smallest absolute Gasteiger partial charge is 0.0931 e. The van der Waals surface area contributed by atoms with Crippen molar-refractivity contribution >= 4 is 22.9 Å². The highest BCUT2D eigenvalue weighted by molar-refractivity contribution is 7.11. The molecule has 1 saturated heterocycles. The van der Waals surface area contributed by atoms with E-state index < -0.39 is 0 Å². The Bertz CT molecular complexity index is 270. The van der Waals surface area contributed by atoms with E-state index in [1.165, 1.54) is 11.4 Å². The lowest BCUT2D eigenvalue weighted by molar-refractivity contribution is 0.186. The summed E-state index contributed by atoms with van der Waals surface area (Å²) in [5.74, 6) is 1.26. The molecule has 0 aromatic carbocycles. The molecule has 2 nitrogen and oxygen atoms in total. The summed E-state index contributed by atoms with van der Waals surface area (Å²) < 4.78 is 5.31. The van der Waals surface area contributed by atoms with E-state index in [9.17, 15) is 0 Å². The Kier molecular flexibility index (Phi) is 3.19. The van der Waals surface area contributed by atoms with Gasteiger partial charge in [0.25, 0.3) is 0 Å². The SMILES string of the molecule is ClCc1cnc(CC2CCOC2)s1. The molecular weight excluding hydrogens is 206 g/mol. The monoisotopic (exact) mass is 217 g/mol. The molecule has 1 aliphatic rings. The molecule has 2 heterocycles. The molecule has 1 atom stereocenters. The van der Waals surface area contributed by atoms with Crippen molar-refractivity contribution in [2.45, 2.75) is 18.7 Å². The number of hydrogen-bond donors (Lipinski definition) is 0. The number of alkyl halides is 1. The van der Waals surface area contributed by atoms with Crippen LogP contribution >= 0.6 is 22.9 Å². The summed E-state index contributed by atoms with van der Waals surface area (Å²) >= 11 is 7.42. The van der Waals surface area contributed by atoms with Gasteiger partial charge in [-0.05, 0) is 12.3 Å². The molecule has 1 aromatic heterocycles. The van der Waals surface area contributed by atoms with Crippen LogP contribution in [0.2, 0.25) is 0 Å². The normalized spacial score (nSPS) is 22.4. The van der Waals surface area contributed by atoms with Crippen LogP contribution in [0.3, 0.4) is 0 Å². The summed E-state index contributed by atoms with van der Waals surface area (Å²) in [5, 5.41) is 1.20. The molecule has 0 N–H and O–H groups in total. The molecule has 1 aliphatic heterocycles. The molecule has 72 valence electrons. The molecule has 1 unspecified atom stereocenters. The Morgan fingerprint density at radius 3 is 3.23 bits per heavy atom. The lowest BCUT2D eigenvalue weighted by atomic mass is 10.1. The Balaban J connectivity index is 1.92. The van der Waals surface area contributed by atoms with E-state index in [2.05, 4.69) is 4.98 Å². The largest absolute Gasteiger partial charge is 0.381 e. The summed E-state index contributed by atoms with van der Waals surface area (Å²) in [5.41, 5.74) is 0. The van der Waals surface area contributed by atoms with E-state index in [1.807, 2.05) is 6.20 Å². The highest BCUT2D eigenvalue weighted by Crippen LogP contribution is 2.22. The first-order valence-electron chi connectivity index (χ1n) is 4.46. The van der Waals surface area contributed by atoms with Gasteiger partial charge in [-0.1, -0.05) is 0 Å². The average molecular weight is 218 g/mol. The number of nitrogens with zero attached hydrogens (tertiary/aromatic N) is 1. The number of aromatic nitrogens is 1. The fourth-order valence-electron chi connectivity index (χ4n) is 1.50. The van der Waals surface area contributed by atoms with Crippen LogP contribution in [-0.2, 0) is 17.0 Å². The van der Waals surface area contributed by atoms with Crippen LogP contribution in [0.1, 0.15) is 16.3 Å². The van der Waals surface area contributed by atoms with Crippen molar-refractivity contribution in [3.63, 3.8) is 0 Å². The lowest BCUT2D eigenvalue weighted by Gasteiger charge is -2.02. The number of rotatable bonds is 3. The molecular formula is C9H12ClNOS. The first-order chi connectivity index (χ1) is 6.38. The number of thiazole rings is 1. The topological polar surface area (TPSA) is 22.1 Å². The lowest BCUT2D eigenvalue weighted by Crippen LogP contribution is -2.02. The molecule has 0 bridgehead atoms. The van der Waals surface area contributed by atoms with Gasteiger partial charge in [-0.3, -0.25) is 0 Å². The summed E-state index contributed by atoms with van der Waals surface area (Å²) in [6, 6.07) is 0. The molecule has 0 saturated carbocycles. The van der Waals surface area contributed by atoms with Gasteiger partial charge in [-0.2, -0.15) is 0 Å². The van der Waals surface area contributed by atoms with Gasteiger partial charge in [-0.25, -0.2) is 4.98 Å². The van der Waals surface area contributed by atoms with Gasteiger partial charge in [0, 0.05) is 30.7 Å². The maximum absolute atomic E-state index is 5.70. The van der Waals surface area contributed by atoms with Gasteiger partial charge in [-0.15, -0.1) is 22.9 Å². The third-order valence-corrected chi connectivity index (χ3v) is 3.69. The minimum atomic E-state index is 0.582. The van der Waals surface area contributed by atoms with E-state index >= 15 is 0 Å². The molecule has 1 fully saturated rings. The van der Waals surface area contributed by atoms with Crippen molar-refractivity contribution in [3.05, 3.63) is 16.1 Å². The second-order valence-corrected chi connectivity index (χ2v) is 4.75. The van der Waals surface area contributed by atoms with Crippen LogP contribution in [0.25, 0.3) is 0 Å². The summed E-state index contributed by atoms with van der Waals surface area (Å²) in [7, 11) is 0. The maximum Gasteiger partial charge on any atom is 0.0931 e. The van der Waals surface area contributed by atoms with E-state index in [0.717, 1.165) is 24.5 Å². The Morgan fingerprint density at radius 2 is 2.62 bits per heavy atom. The zero-order valence-corrected chi connectivity index (χ0v) is 8.90. The summed E-state index contributed by atoms with van der Waals surface area (Å²) in [4.78, 5) is 5.49. The van der Waals surface area contributed by atoms with Crippen molar-refractivity contribution in [2.75, 3.05) is 13.2 Å². The molecule has 0 amide bonds. The number of hydrogen-bond acceptors (Lipinski definition) is 3. The van der Waals surface area contributed by atoms with Crippen LogP contribution in [0.15, 0.2) is 6.20 Å². The van der Waals surface area contributed by atoms with E-state index in [-0.39, 0.29) is 0 Å². The Labute approximate surface area is 86.9 Å². The molecule has 0 aliphatic carbocycles. The van der Waals surface area contributed by atoms with Crippen LogP contribution in [-0.4, -0.2) is 18.2 Å². The molecule has 0 spiro atoms. The fourth-order valence-corrected chi connectivity index (χ4v) is 2.62. The average Bonchev–Trinajstić information content (AvgIpc) is 2.76. The van der Waals surface area contributed by atoms with Crippen molar-refractivity contribution in [1.29, 1.82) is 0 Å². The minimum absolute atomic E-state index is 0.582. The van der Waals surface area contributed by atoms with Crippen LogP contribution < -0.4 is 0 Å². The molecule has 1 aromatic rings. The second-order valence-electron chi connectivity index (χ2n) is 3.29. The Hall–Kier alpha value is -0.120. The van der Waals surface area contributed by atoms with Gasteiger partial charge in [0.1, 0.15) is 0 Å².